The van der Waals surface area contributed by atoms with Crippen LogP contribution in [0.5, 0.6) is 17.4 Å². The number of hydrogen-bond donors (Lipinski definition) is 2. The molecule has 6 heteroatoms. The van der Waals surface area contributed by atoms with Crippen molar-refractivity contribution in [3.63, 3.8) is 0 Å². The first-order valence-corrected chi connectivity index (χ1v) is 6.49. The van der Waals surface area contributed by atoms with Gasteiger partial charge in [0.1, 0.15) is 11.5 Å². The first kappa shape index (κ1) is 14.6. The number of aromatic nitrogens is 1. The number of pyridine rings is 1. The number of aryl methyl sites for hydroxylation is 1. The van der Waals surface area contributed by atoms with E-state index in [4.69, 9.17) is 20.4 Å². The molecule has 0 unspecified atom stereocenters. The summed E-state index contributed by atoms with van der Waals surface area (Å²) in [7, 11) is 0. The Kier molecular flexibility index (Phi) is 4.61. The second kappa shape index (κ2) is 6.60. The molecule has 0 aliphatic rings. The molecule has 3 N–H and O–H groups in total. The maximum atomic E-state index is 8.74. The summed E-state index contributed by atoms with van der Waals surface area (Å²) < 4.78 is 11.1. The van der Waals surface area contributed by atoms with Gasteiger partial charge < -0.3 is 20.4 Å². The molecule has 0 amide bonds. The lowest BCUT2D eigenvalue weighted by atomic mass is 10.2. The number of nitrogens with two attached hydrogens (primary N) is 1. The highest BCUT2D eigenvalue weighted by Crippen LogP contribution is 2.25. The number of benzene rings is 1. The first-order valence-electron chi connectivity index (χ1n) is 6.49. The molecule has 2 rings (SSSR count). The van der Waals surface area contributed by atoms with Crippen LogP contribution in [-0.4, -0.2) is 22.6 Å². The monoisotopic (exact) mass is 287 g/mol. The molecule has 1 heterocycles. The Balaban J connectivity index is 2.27. The third-order valence-electron chi connectivity index (χ3n) is 2.67. The van der Waals surface area contributed by atoms with Crippen LogP contribution in [0.1, 0.15) is 18.2 Å². The molecule has 0 bridgehead atoms. The summed E-state index contributed by atoms with van der Waals surface area (Å²) in [6.07, 6.45) is 0. The zero-order valence-electron chi connectivity index (χ0n) is 11.9. The van der Waals surface area contributed by atoms with Crippen LogP contribution in [-0.2, 0) is 0 Å². The lowest BCUT2D eigenvalue weighted by Gasteiger charge is -2.09. The van der Waals surface area contributed by atoms with Gasteiger partial charge in [0, 0.05) is 23.4 Å². The standard InChI is InChI=1S/C15H17N3O3/c1-3-20-12-5-4-6-13(9-12)21-14-8-11(15(16)18-19)7-10(2)17-14/h4-9,19H,3H2,1-2H3,(H2,16,18). The molecule has 2 aromatic rings. The molecule has 0 radical (unpaired) electrons. The minimum atomic E-state index is 0.00779. The predicted molar refractivity (Wildman–Crippen MR) is 79.2 cm³/mol. The molecule has 0 aliphatic heterocycles. The van der Waals surface area contributed by atoms with Gasteiger partial charge in [-0.05, 0) is 32.0 Å². The van der Waals surface area contributed by atoms with Crippen molar-refractivity contribution in [1.29, 1.82) is 0 Å². The van der Waals surface area contributed by atoms with E-state index in [0.29, 0.717) is 29.5 Å². The SMILES string of the molecule is CCOc1cccc(Oc2cc(/C(N)=N/O)cc(C)n2)c1. The molecule has 0 fully saturated rings. The topological polar surface area (TPSA) is 90.0 Å². The van der Waals surface area contributed by atoms with Gasteiger partial charge in [0.25, 0.3) is 0 Å². The van der Waals surface area contributed by atoms with E-state index in [2.05, 4.69) is 10.1 Å². The minimum Gasteiger partial charge on any atom is -0.494 e. The van der Waals surface area contributed by atoms with Crippen molar-refractivity contribution >= 4 is 5.84 Å². The fraction of sp³-hybridized carbons (Fsp3) is 0.200. The van der Waals surface area contributed by atoms with E-state index in [9.17, 15) is 0 Å². The third kappa shape index (κ3) is 3.85. The Morgan fingerprint density at radius 3 is 2.76 bits per heavy atom. The summed E-state index contributed by atoms with van der Waals surface area (Å²) in [6, 6.07) is 10.6. The quantitative estimate of drug-likeness (QED) is 0.382. The Labute approximate surface area is 122 Å². The van der Waals surface area contributed by atoms with Crippen molar-refractivity contribution in [1.82, 2.24) is 4.98 Å². The number of amidine groups is 1. The molecule has 21 heavy (non-hydrogen) atoms. The molecule has 1 aromatic carbocycles. The van der Waals surface area contributed by atoms with Crippen molar-refractivity contribution in [3.8, 4) is 17.4 Å². The highest BCUT2D eigenvalue weighted by molar-refractivity contribution is 5.97. The highest BCUT2D eigenvalue weighted by Gasteiger charge is 2.07. The van der Waals surface area contributed by atoms with Crippen LogP contribution in [0.25, 0.3) is 0 Å². The van der Waals surface area contributed by atoms with Crippen molar-refractivity contribution in [2.24, 2.45) is 10.9 Å². The molecule has 6 nitrogen and oxygen atoms in total. The number of oxime groups is 1. The fourth-order valence-electron chi connectivity index (χ4n) is 1.81. The molecule has 1 aromatic heterocycles. The van der Waals surface area contributed by atoms with E-state index in [1.54, 1.807) is 31.2 Å². The third-order valence-corrected chi connectivity index (χ3v) is 2.67. The van der Waals surface area contributed by atoms with Crippen molar-refractivity contribution in [2.45, 2.75) is 13.8 Å². The summed E-state index contributed by atoms with van der Waals surface area (Å²) in [5, 5.41) is 11.7. The largest absolute Gasteiger partial charge is 0.494 e. The summed E-state index contributed by atoms with van der Waals surface area (Å²) in [5.41, 5.74) is 6.83. The minimum absolute atomic E-state index is 0.00779. The van der Waals surface area contributed by atoms with E-state index in [0.717, 1.165) is 5.75 Å². The van der Waals surface area contributed by atoms with E-state index < -0.39 is 0 Å². The normalized spacial score (nSPS) is 11.2. The average molecular weight is 287 g/mol. The second-order valence-corrected chi connectivity index (χ2v) is 4.33. The summed E-state index contributed by atoms with van der Waals surface area (Å²) >= 11 is 0. The van der Waals surface area contributed by atoms with Crippen molar-refractivity contribution in [3.05, 3.63) is 47.7 Å². The maximum absolute atomic E-state index is 8.74. The van der Waals surface area contributed by atoms with E-state index >= 15 is 0 Å². The van der Waals surface area contributed by atoms with Crippen molar-refractivity contribution in [2.75, 3.05) is 6.61 Å². The van der Waals surface area contributed by atoms with E-state index in [1.165, 1.54) is 0 Å². The van der Waals surface area contributed by atoms with E-state index in [1.807, 2.05) is 19.1 Å². The Hall–Kier alpha value is -2.76. The van der Waals surface area contributed by atoms with Crippen LogP contribution in [0, 0.1) is 6.92 Å². The first-order chi connectivity index (χ1) is 10.1. The zero-order valence-corrected chi connectivity index (χ0v) is 11.9. The smallest absolute Gasteiger partial charge is 0.220 e. The molecule has 0 atom stereocenters. The summed E-state index contributed by atoms with van der Waals surface area (Å²) in [6.45, 7) is 4.30. The van der Waals surface area contributed by atoms with Gasteiger partial charge in [0.15, 0.2) is 5.84 Å². The van der Waals surface area contributed by atoms with Gasteiger partial charge in [-0.3, -0.25) is 0 Å². The Morgan fingerprint density at radius 2 is 2.05 bits per heavy atom. The van der Waals surface area contributed by atoms with Crippen LogP contribution in [0.2, 0.25) is 0 Å². The van der Waals surface area contributed by atoms with E-state index in [-0.39, 0.29) is 5.84 Å². The number of nitrogens with zero attached hydrogens (tertiary/aromatic N) is 2. The van der Waals surface area contributed by atoms with Crippen LogP contribution in [0.3, 0.4) is 0 Å². The van der Waals surface area contributed by atoms with Gasteiger partial charge >= 0.3 is 0 Å². The fourth-order valence-corrected chi connectivity index (χ4v) is 1.81. The van der Waals surface area contributed by atoms with Gasteiger partial charge in [-0.1, -0.05) is 11.2 Å². The highest BCUT2D eigenvalue weighted by atomic mass is 16.5. The van der Waals surface area contributed by atoms with Crippen LogP contribution in [0.15, 0.2) is 41.6 Å². The second-order valence-electron chi connectivity index (χ2n) is 4.33. The molecule has 110 valence electrons. The Morgan fingerprint density at radius 1 is 1.29 bits per heavy atom. The van der Waals surface area contributed by atoms with Crippen LogP contribution in [0.4, 0.5) is 0 Å². The molecule has 0 spiro atoms. The molecular formula is C15H17N3O3. The van der Waals surface area contributed by atoms with Gasteiger partial charge in [-0.15, -0.1) is 0 Å². The maximum Gasteiger partial charge on any atom is 0.220 e. The van der Waals surface area contributed by atoms with Crippen LogP contribution < -0.4 is 15.2 Å². The lowest BCUT2D eigenvalue weighted by molar-refractivity contribution is 0.318. The molecular weight excluding hydrogens is 270 g/mol. The zero-order chi connectivity index (χ0) is 15.2. The van der Waals surface area contributed by atoms with Gasteiger partial charge in [-0.2, -0.15) is 0 Å². The lowest BCUT2D eigenvalue weighted by Crippen LogP contribution is -2.13. The number of hydrogen-bond acceptors (Lipinski definition) is 5. The van der Waals surface area contributed by atoms with Gasteiger partial charge in [0.2, 0.25) is 5.88 Å². The van der Waals surface area contributed by atoms with Gasteiger partial charge in [0.05, 0.1) is 6.61 Å². The van der Waals surface area contributed by atoms with Crippen molar-refractivity contribution < 1.29 is 14.7 Å². The summed E-state index contributed by atoms with van der Waals surface area (Å²) in [4.78, 5) is 4.27. The Bertz CT molecular complexity index is 656. The molecule has 0 aliphatic carbocycles. The number of ether oxygens (including phenoxy) is 2. The molecule has 0 saturated carbocycles. The number of rotatable bonds is 5. The van der Waals surface area contributed by atoms with Crippen LogP contribution >= 0.6 is 0 Å². The predicted octanol–water partition coefficient (Wildman–Crippen LogP) is 2.68. The average Bonchev–Trinajstić information content (AvgIpc) is 2.46. The summed E-state index contributed by atoms with van der Waals surface area (Å²) in [5.74, 6) is 1.70. The van der Waals surface area contributed by atoms with Gasteiger partial charge in [-0.25, -0.2) is 4.98 Å². The molecule has 0 saturated heterocycles.